The first-order valence-electron chi connectivity index (χ1n) is 5.31. The van der Waals surface area contributed by atoms with Crippen LogP contribution in [-0.4, -0.2) is 25.8 Å². The first-order chi connectivity index (χ1) is 7.97. The van der Waals surface area contributed by atoms with Gasteiger partial charge in [-0.1, -0.05) is 31.5 Å². The van der Waals surface area contributed by atoms with Gasteiger partial charge in [0, 0.05) is 19.0 Å². The van der Waals surface area contributed by atoms with Crippen molar-refractivity contribution in [1.29, 1.82) is 0 Å². The molecule has 0 fully saturated rings. The molecule has 0 aromatic heterocycles. The molecule has 0 saturated heterocycles. The van der Waals surface area contributed by atoms with E-state index in [-0.39, 0.29) is 15.8 Å². The smallest absolute Gasteiger partial charge is 0.207 e. The Kier molecular flexibility index (Phi) is 5.25. The van der Waals surface area contributed by atoms with E-state index in [4.69, 9.17) is 23.2 Å². The lowest BCUT2D eigenvalue weighted by Gasteiger charge is -2.19. The van der Waals surface area contributed by atoms with Gasteiger partial charge in [0.1, 0.15) is 4.90 Å². The molecule has 0 unspecified atom stereocenters. The number of rotatable bonds is 5. The summed E-state index contributed by atoms with van der Waals surface area (Å²) in [6.07, 6.45) is 0. The van der Waals surface area contributed by atoms with Gasteiger partial charge < -0.3 is 0 Å². The molecule has 0 bridgehead atoms. The molecule has 0 N–H and O–H groups in total. The highest BCUT2D eigenvalue weighted by atomic mass is 35.5. The molecule has 0 amide bonds. The Balaban J connectivity index is 3.31. The van der Waals surface area contributed by atoms with Gasteiger partial charge in [0.2, 0.25) is 10.0 Å². The van der Waals surface area contributed by atoms with Crippen LogP contribution in [0.1, 0.15) is 19.4 Å². The second-order valence-electron chi connectivity index (χ2n) is 3.49. The van der Waals surface area contributed by atoms with Crippen molar-refractivity contribution in [3.8, 4) is 0 Å². The molecule has 17 heavy (non-hydrogen) atoms. The molecule has 0 spiro atoms. The van der Waals surface area contributed by atoms with Crippen molar-refractivity contribution < 1.29 is 8.42 Å². The number of halogens is 2. The molecule has 0 aliphatic heterocycles. The fourth-order valence-electron chi connectivity index (χ4n) is 1.53. The van der Waals surface area contributed by atoms with Gasteiger partial charge in [-0.25, -0.2) is 8.42 Å². The summed E-state index contributed by atoms with van der Waals surface area (Å²) in [7, 11) is -3.52. The molecular weight excluding hydrogens is 281 g/mol. The minimum Gasteiger partial charge on any atom is -0.207 e. The summed E-state index contributed by atoms with van der Waals surface area (Å²) in [6, 6.07) is 4.81. The second-order valence-corrected chi connectivity index (χ2v) is 6.07. The van der Waals surface area contributed by atoms with E-state index in [2.05, 4.69) is 0 Å². The van der Waals surface area contributed by atoms with E-state index in [0.29, 0.717) is 13.1 Å². The average molecular weight is 296 g/mol. The van der Waals surface area contributed by atoms with Crippen LogP contribution in [0.25, 0.3) is 0 Å². The number of alkyl halides is 1. The van der Waals surface area contributed by atoms with Gasteiger partial charge in [-0.15, -0.1) is 11.6 Å². The van der Waals surface area contributed by atoms with Crippen molar-refractivity contribution in [3.63, 3.8) is 0 Å². The van der Waals surface area contributed by atoms with Crippen molar-refractivity contribution in [2.75, 3.05) is 13.1 Å². The predicted octanol–water partition coefficient (Wildman–Crippen LogP) is 3.11. The molecule has 6 heteroatoms. The summed E-state index contributed by atoms with van der Waals surface area (Å²) in [5, 5.41) is 0.228. The third-order valence-electron chi connectivity index (χ3n) is 2.47. The van der Waals surface area contributed by atoms with E-state index in [9.17, 15) is 8.42 Å². The molecular formula is C11H15Cl2NO2S. The Morgan fingerprint density at radius 1 is 1.24 bits per heavy atom. The first kappa shape index (κ1) is 14.8. The maximum Gasteiger partial charge on any atom is 0.244 e. The maximum atomic E-state index is 12.3. The summed E-state index contributed by atoms with van der Waals surface area (Å²) in [5.74, 6) is 0.262. The van der Waals surface area contributed by atoms with Crippen molar-refractivity contribution in [3.05, 3.63) is 28.8 Å². The Hall–Kier alpha value is -0.290. The topological polar surface area (TPSA) is 37.4 Å². The lowest BCUT2D eigenvalue weighted by atomic mass is 10.2. The number of sulfonamides is 1. The van der Waals surface area contributed by atoms with Crippen molar-refractivity contribution in [1.82, 2.24) is 4.31 Å². The Morgan fingerprint density at radius 3 is 2.29 bits per heavy atom. The summed E-state index contributed by atoms with van der Waals surface area (Å²) in [6.45, 7) is 4.42. The lowest BCUT2D eigenvalue weighted by molar-refractivity contribution is 0.445. The normalized spacial score (nSPS) is 12.1. The highest BCUT2D eigenvalue weighted by Crippen LogP contribution is 2.26. The van der Waals surface area contributed by atoms with E-state index < -0.39 is 10.0 Å². The Labute approximate surface area is 112 Å². The Bertz CT molecular complexity index is 484. The summed E-state index contributed by atoms with van der Waals surface area (Å²) < 4.78 is 25.9. The molecule has 3 nitrogen and oxygen atoms in total. The van der Waals surface area contributed by atoms with Crippen LogP contribution in [-0.2, 0) is 15.9 Å². The zero-order chi connectivity index (χ0) is 13.1. The quantitative estimate of drug-likeness (QED) is 0.783. The molecule has 1 rings (SSSR count). The third-order valence-corrected chi connectivity index (χ3v) is 5.31. The number of hydrogen-bond acceptors (Lipinski definition) is 2. The summed E-state index contributed by atoms with van der Waals surface area (Å²) in [4.78, 5) is 0.126. The van der Waals surface area contributed by atoms with Crippen LogP contribution in [0.15, 0.2) is 23.1 Å². The SMILES string of the molecule is CCN(CC)S(=O)(=O)c1cc(CCl)ccc1Cl. The summed E-state index contributed by atoms with van der Waals surface area (Å²) >= 11 is 11.6. The Morgan fingerprint density at radius 2 is 1.82 bits per heavy atom. The van der Waals surface area contributed by atoms with E-state index >= 15 is 0 Å². The predicted molar refractivity (Wildman–Crippen MR) is 71.1 cm³/mol. The molecule has 0 radical (unpaired) electrons. The highest BCUT2D eigenvalue weighted by Gasteiger charge is 2.24. The van der Waals surface area contributed by atoms with Gasteiger partial charge in [0.15, 0.2) is 0 Å². The number of benzene rings is 1. The largest absolute Gasteiger partial charge is 0.244 e. The van der Waals surface area contributed by atoms with Crippen LogP contribution < -0.4 is 0 Å². The molecule has 1 aromatic carbocycles. The van der Waals surface area contributed by atoms with E-state index in [0.717, 1.165) is 5.56 Å². The van der Waals surface area contributed by atoms with E-state index in [1.54, 1.807) is 26.0 Å². The van der Waals surface area contributed by atoms with Gasteiger partial charge in [-0.05, 0) is 17.7 Å². The molecule has 0 aliphatic rings. The minimum absolute atomic E-state index is 0.126. The average Bonchev–Trinajstić information content (AvgIpc) is 2.30. The van der Waals surface area contributed by atoms with Gasteiger partial charge >= 0.3 is 0 Å². The molecule has 0 aliphatic carbocycles. The van der Waals surface area contributed by atoms with E-state index in [1.807, 2.05) is 0 Å². The fraction of sp³-hybridized carbons (Fsp3) is 0.455. The number of nitrogens with zero attached hydrogens (tertiary/aromatic N) is 1. The zero-order valence-electron chi connectivity index (χ0n) is 9.78. The fourth-order valence-corrected chi connectivity index (χ4v) is 3.68. The van der Waals surface area contributed by atoms with Crippen LogP contribution >= 0.6 is 23.2 Å². The van der Waals surface area contributed by atoms with Gasteiger partial charge in [-0.3, -0.25) is 0 Å². The van der Waals surface area contributed by atoms with Gasteiger partial charge in [0.05, 0.1) is 5.02 Å². The zero-order valence-corrected chi connectivity index (χ0v) is 12.1. The van der Waals surface area contributed by atoms with E-state index in [1.165, 1.54) is 10.4 Å². The maximum absolute atomic E-state index is 12.3. The molecule has 0 atom stereocenters. The molecule has 1 aromatic rings. The van der Waals surface area contributed by atoms with Crippen molar-refractivity contribution in [2.24, 2.45) is 0 Å². The third kappa shape index (κ3) is 3.13. The second kappa shape index (κ2) is 6.05. The van der Waals surface area contributed by atoms with Crippen LogP contribution in [0.5, 0.6) is 0 Å². The standard InChI is InChI=1S/C11H15Cl2NO2S/c1-3-14(4-2)17(15,16)11-7-9(8-12)5-6-10(11)13/h5-7H,3-4,8H2,1-2H3. The summed E-state index contributed by atoms with van der Waals surface area (Å²) in [5.41, 5.74) is 0.738. The van der Waals surface area contributed by atoms with Gasteiger partial charge in [0.25, 0.3) is 0 Å². The van der Waals surface area contributed by atoms with Crippen molar-refractivity contribution in [2.45, 2.75) is 24.6 Å². The van der Waals surface area contributed by atoms with Crippen LogP contribution in [0.4, 0.5) is 0 Å². The molecule has 96 valence electrons. The number of hydrogen-bond donors (Lipinski definition) is 0. The van der Waals surface area contributed by atoms with Crippen LogP contribution in [0, 0.1) is 0 Å². The monoisotopic (exact) mass is 295 g/mol. The van der Waals surface area contributed by atoms with Crippen LogP contribution in [0.2, 0.25) is 5.02 Å². The lowest BCUT2D eigenvalue weighted by Crippen LogP contribution is -2.30. The molecule has 0 saturated carbocycles. The first-order valence-corrected chi connectivity index (χ1v) is 7.67. The van der Waals surface area contributed by atoms with Gasteiger partial charge in [-0.2, -0.15) is 4.31 Å². The van der Waals surface area contributed by atoms with Crippen LogP contribution in [0.3, 0.4) is 0 Å². The van der Waals surface area contributed by atoms with Crippen molar-refractivity contribution >= 4 is 33.2 Å². The minimum atomic E-state index is -3.52. The molecule has 0 heterocycles. The highest BCUT2D eigenvalue weighted by molar-refractivity contribution is 7.89.